The van der Waals surface area contributed by atoms with Gasteiger partial charge in [-0.1, -0.05) is 6.42 Å². The van der Waals surface area contributed by atoms with Crippen LogP contribution >= 0.6 is 0 Å². The van der Waals surface area contributed by atoms with Crippen LogP contribution in [0.25, 0.3) is 0 Å². The van der Waals surface area contributed by atoms with Crippen LogP contribution in [-0.2, 0) is 4.74 Å². The Kier molecular flexibility index (Phi) is 2.42. The normalized spacial score (nSPS) is 36.2. The van der Waals surface area contributed by atoms with Crippen LogP contribution in [0.5, 0.6) is 0 Å². The van der Waals surface area contributed by atoms with Gasteiger partial charge in [0.25, 0.3) is 0 Å². The second-order valence-corrected chi connectivity index (χ2v) is 4.15. The molecule has 2 aliphatic rings. The first-order chi connectivity index (χ1) is 6.29. The third-order valence-electron chi connectivity index (χ3n) is 3.32. The number of ether oxygens (including phenoxy) is 1. The predicted molar refractivity (Wildman–Crippen MR) is 49.4 cm³/mol. The van der Waals surface area contributed by atoms with Gasteiger partial charge in [0.1, 0.15) is 0 Å². The van der Waals surface area contributed by atoms with Crippen LogP contribution < -0.4 is 5.32 Å². The van der Waals surface area contributed by atoms with E-state index in [1.54, 1.807) is 0 Å². The monoisotopic (exact) mass is 183 g/mol. The molecule has 0 aliphatic heterocycles. The Morgan fingerprint density at radius 3 is 2.85 bits per heavy atom. The van der Waals surface area contributed by atoms with Gasteiger partial charge in [0.2, 0.25) is 0 Å². The molecule has 0 aromatic rings. The molecule has 2 rings (SSSR count). The fraction of sp³-hybridized carbons (Fsp3) is 0.900. The lowest BCUT2D eigenvalue weighted by Crippen LogP contribution is -2.38. The number of alkyl carbamates (subject to hydrolysis) is 1. The molecule has 74 valence electrons. The van der Waals surface area contributed by atoms with Gasteiger partial charge in [-0.15, -0.1) is 0 Å². The number of hydrogen-bond acceptors (Lipinski definition) is 2. The second-order valence-electron chi connectivity index (χ2n) is 4.15. The summed E-state index contributed by atoms with van der Waals surface area (Å²) in [6, 6.07) is 0.401. The molecule has 0 unspecified atom stereocenters. The average Bonchev–Trinajstić information content (AvgIpc) is 2.65. The Labute approximate surface area is 78.8 Å². The number of carbonyl (C=O) groups excluding carboxylic acids is 1. The largest absolute Gasteiger partial charge is 0.450 e. The lowest BCUT2D eigenvalue weighted by molar-refractivity contribution is 0.143. The second kappa shape index (κ2) is 3.56. The molecule has 3 heteroatoms. The van der Waals surface area contributed by atoms with Gasteiger partial charge in [-0.3, -0.25) is 0 Å². The number of fused-ring (bicyclic) bond motifs is 2. The van der Waals surface area contributed by atoms with Crippen molar-refractivity contribution >= 4 is 6.09 Å². The highest BCUT2D eigenvalue weighted by atomic mass is 16.5. The van der Waals surface area contributed by atoms with Gasteiger partial charge in [0, 0.05) is 6.04 Å². The first-order valence-electron chi connectivity index (χ1n) is 5.23. The minimum Gasteiger partial charge on any atom is -0.450 e. The van der Waals surface area contributed by atoms with Gasteiger partial charge in [-0.2, -0.15) is 0 Å². The van der Waals surface area contributed by atoms with Crippen molar-refractivity contribution in [3.63, 3.8) is 0 Å². The van der Waals surface area contributed by atoms with Crippen LogP contribution in [0.2, 0.25) is 0 Å². The van der Waals surface area contributed by atoms with Crippen LogP contribution in [-0.4, -0.2) is 18.7 Å². The maximum absolute atomic E-state index is 11.1. The van der Waals surface area contributed by atoms with Crippen molar-refractivity contribution in [3.05, 3.63) is 0 Å². The molecule has 0 aromatic heterocycles. The Morgan fingerprint density at radius 2 is 2.31 bits per heavy atom. The summed E-state index contributed by atoms with van der Waals surface area (Å²) in [5.74, 6) is 1.60. The molecule has 1 amide bonds. The van der Waals surface area contributed by atoms with Crippen molar-refractivity contribution in [1.82, 2.24) is 5.32 Å². The Morgan fingerprint density at radius 1 is 1.46 bits per heavy atom. The molecule has 3 nitrogen and oxygen atoms in total. The summed E-state index contributed by atoms with van der Waals surface area (Å²) in [7, 11) is 0. The first-order valence-corrected chi connectivity index (χ1v) is 5.23. The molecule has 0 saturated heterocycles. The molecule has 3 atom stereocenters. The Bertz CT molecular complexity index is 205. The predicted octanol–water partition coefficient (Wildman–Crippen LogP) is 1.92. The van der Waals surface area contributed by atoms with E-state index in [2.05, 4.69) is 5.32 Å². The number of amides is 1. The van der Waals surface area contributed by atoms with Crippen molar-refractivity contribution in [2.45, 2.75) is 38.6 Å². The van der Waals surface area contributed by atoms with Gasteiger partial charge in [0.15, 0.2) is 0 Å². The van der Waals surface area contributed by atoms with E-state index in [1.165, 1.54) is 25.7 Å². The molecular weight excluding hydrogens is 166 g/mol. The zero-order valence-electron chi connectivity index (χ0n) is 8.08. The average molecular weight is 183 g/mol. The van der Waals surface area contributed by atoms with Crippen molar-refractivity contribution in [1.29, 1.82) is 0 Å². The molecule has 0 spiro atoms. The minimum atomic E-state index is -0.236. The number of hydrogen-bond donors (Lipinski definition) is 1. The summed E-state index contributed by atoms with van der Waals surface area (Å²) in [6.45, 7) is 2.30. The van der Waals surface area contributed by atoms with Gasteiger partial charge in [-0.05, 0) is 38.0 Å². The molecule has 2 fully saturated rings. The standard InChI is InChI=1S/C10H17NO2/c1-2-13-10(12)11-9-6-7-3-4-8(9)5-7/h7-9H,2-6H2,1H3,(H,11,12)/t7-,8+,9-/m0/s1. The maximum Gasteiger partial charge on any atom is 0.407 e. The highest BCUT2D eigenvalue weighted by Gasteiger charge is 2.40. The minimum absolute atomic E-state index is 0.236. The molecule has 0 heterocycles. The van der Waals surface area contributed by atoms with E-state index >= 15 is 0 Å². The SMILES string of the molecule is CCOC(=O)N[C@H]1C[C@H]2CC[C@@H]1C2. The summed E-state index contributed by atoms with van der Waals surface area (Å²) >= 11 is 0. The van der Waals surface area contributed by atoms with Crippen molar-refractivity contribution in [3.8, 4) is 0 Å². The smallest absolute Gasteiger partial charge is 0.407 e. The van der Waals surface area contributed by atoms with Gasteiger partial charge >= 0.3 is 6.09 Å². The summed E-state index contributed by atoms with van der Waals surface area (Å²) in [4.78, 5) is 11.1. The maximum atomic E-state index is 11.1. The van der Waals surface area contributed by atoms with Gasteiger partial charge in [0.05, 0.1) is 6.61 Å². The fourth-order valence-electron chi connectivity index (χ4n) is 2.75. The summed E-state index contributed by atoms with van der Waals surface area (Å²) < 4.78 is 4.86. The molecule has 2 aliphatic carbocycles. The highest BCUT2D eigenvalue weighted by Crippen LogP contribution is 2.44. The highest BCUT2D eigenvalue weighted by molar-refractivity contribution is 5.67. The van der Waals surface area contributed by atoms with Crippen LogP contribution in [0.15, 0.2) is 0 Å². The van der Waals surface area contributed by atoms with Crippen LogP contribution in [0.3, 0.4) is 0 Å². The quantitative estimate of drug-likeness (QED) is 0.710. The molecule has 13 heavy (non-hydrogen) atoms. The lowest BCUT2D eigenvalue weighted by Gasteiger charge is -2.22. The zero-order chi connectivity index (χ0) is 9.26. The molecule has 2 bridgehead atoms. The lowest BCUT2D eigenvalue weighted by atomic mass is 9.96. The summed E-state index contributed by atoms with van der Waals surface area (Å²) in [5.41, 5.74) is 0. The molecular formula is C10H17NO2. The zero-order valence-corrected chi connectivity index (χ0v) is 8.08. The number of carbonyl (C=O) groups is 1. The fourth-order valence-corrected chi connectivity index (χ4v) is 2.75. The van der Waals surface area contributed by atoms with E-state index < -0.39 is 0 Å². The third-order valence-corrected chi connectivity index (χ3v) is 3.32. The number of rotatable bonds is 2. The van der Waals surface area contributed by atoms with E-state index in [1.807, 2.05) is 6.92 Å². The first kappa shape index (κ1) is 8.85. The van der Waals surface area contributed by atoms with E-state index in [0.717, 1.165) is 11.8 Å². The molecule has 1 N–H and O–H groups in total. The van der Waals surface area contributed by atoms with E-state index in [4.69, 9.17) is 4.74 Å². The topological polar surface area (TPSA) is 38.3 Å². The molecule has 0 radical (unpaired) electrons. The number of nitrogens with one attached hydrogen (secondary N) is 1. The van der Waals surface area contributed by atoms with Gasteiger partial charge in [-0.25, -0.2) is 4.79 Å². The van der Waals surface area contributed by atoms with E-state index in [9.17, 15) is 4.79 Å². The van der Waals surface area contributed by atoms with Crippen LogP contribution in [0.4, 0.5) is 4.79 Å². The summed E-state index contributed by atoms with van der Waals surface area (Å²) in [5, 5.41) is 2.95. The van der Waals surface area contributed by atoms with Gasteiger partial charge < -0.3 is 10.1 Å². The Hall–Kier alpha value is -0.730. The molecule has 0 aromatic carbocycles. The summed E-state index contributed by atoms with van der Waals surface area (Å²) in [6.07, 6.45) is 4.91. The third kappa shape index (κ3) is 1.79. The van der Waals surface area contributed by atoms with Crippen LogP contribution in [0, 0.1) is 11.8 Å². The van der Waals surface area contributed by atoms with Crippen molar-refractivity contribution in [2.75, 3.05) is 6.61 Å². The van der Waals surface area contributed by atoms with Crippen molar-refractivity contribution < 1.29 is 9.53 Å². The van der Waals surface area contributed by atoms with Crippen molar-refractivity contribution in [2.24, 2.45) is 11.8 Å². The van der Waals surface area contributed by atoms with E-state index in [-0.39, 0.29) is 6.09 Å². The van der Waals surface area contributed by atoms with Crippen LogP contribution in [0.1, 0.15) is 32.6 Å². The Balaban J connectivity index is 1.79. The molecule has 2 saturated carbocycles. The van der Waals surface area contributed by atoms with E-state index in [0.29, 0.717) is 12.6 Å².